The summed E-state index contributed by atoms with van der Waals surface area (Å²) in [5.74, 6) is 0.290. The number of nitrogens with zero attached hydrogens (tertiary/aromatic N) is 3. The van der Waals surface area contributed by atoms with Gasteiger partial charge in [0.25, 0.3) is 0 Å². The topological polar surface area (TPSA) is 57.0 Å². The van der Waals surface area contributed by atoms with Crippen LogP contribution < -0.4 is 4.74 Å². The average Bonchev–Trinajstić information content (AvgIpc) is 2.84. The smallest absolute Gasteiger partial charge is 0.336 e. The number of benzene rings is 1. The van der Waals surface area contributed by atoms with Gasteiger partial charge in [-0.2, -0.15) is 9.67 Å². The largest absolute Gasteiger partial charge is 0.463 e. The fourth-order valence-corrected chi connectivity index (χ4v) is 2.01. The molecule has 1 aromatic heterocycles. The van der Waals surface area contributed by atoms with E-state index in [1.165, 1.54) is 4.68 Å². The predicted octanol–water partition coefficient (Wildman–Crippen LogP) is 3.44. The third kappa shape index (κ3) is 2.99. The van der Waals surface area contributed by atoms with E-state index < -0.39 is 0 Å². The highest BCUT2D eigenvalue weighted by atomic mass is 35.5. The summed E-state index contributed by atoms with van der Waals surface area (Å²) >= 11 is 6.17. The summed E-state index contributed by atoms with van der Waals surface area (Å²) in [4.78, 5) is 16.4. The molecule has 1 aromatic carbocycles. The second-order valence-corrected chi connectivity index (χ2v) is 4.59. The van der Waals surface area contributed by atoms with E-state index >= 15 is 0 Å². The molecule has 2 aromatic rings. The average molecular weight is 294 g/mol. The van der Waals surface area contributed by atoms with Crippen molar-refractivity contribution in [1.29, 1.82) is 0 Å². The van der Waals surface area contributed by atoms with Gasteiger partial charge in [0.05, 0.1) is 11.6 Å². The van der Waals surface area contributed by atoms with Crippen molar-refractivity contribution in [3.05, 3.63) is 29.3 Å². The molecule has 0 saturated carbocycles. The monoisotopic (exact) mass is 293 g/mol. The first-order chi connectivity index (χ1) is 9.67. The minimum Gasteiger partial charge on any atom is -0.463 e. The maximum Gasteiger partial charge on any atom is 0.336 e. The molecule has 0 spiro atoms. The van der Waals surface area contributed by atoms with E-state index in [0.29, 0.717) is 29.4 Å². The molecule has 0 amide bonds. The standard InChI is InChI=1S/C14H16ClN3O2/c1-3-7-12(19)18-13(16-14(17-18)20-4-2)10-8-5-6-9-11(10)15/h5-6,8-9H,3-4,7H2,1-2H3. The second kappa shape index (κ2) is 6.52. The SMILES string of the molecule is CCCC(=O)n1nc(OCC)nc1-c1ccccc1Cl. The van der Waals surface area contributed by atoms with Crippen LogP contribution in [0.2, 0.25) is 5.02 Å². The van der Waals surface area contributed by atoms with Crippen molar-refractivity contribution >= 4 is 17.5 Å². The lowest BCUT2D eigenvalue weighted by molar-refractivity contribution is 0.0885. The Hall–Kier alpha value is -1.88. The van der Waals surface area contributed by atoms with Crippen molar-refractivity contribution in [3.63, 3.8) is 0 Å². The summed E-state index contributed by atoms with van der Waals surface area (Å²) in [7, 11) is 0. The summed E-state index contributed by atoms with van der Waals surface area (Å²) in [5, 5.41) is 4.63. The van der Waals surface area contributed by atoms with Gasteiger partial charge < -0.3 is 4.74 Å². The van der Waals surface area contributed by atoms with Crippen LogP contribution in [0, 0.1) is 0 Å². The normalized spacial score (nSPS) is 10.6. The van der Waals surface area contributed by atoms with E-state index in [0.717, 1.165) is 6.42 Å². The first kappa shape index (κ1) is 14.5. The van der Waals surface area contributed by atoms with Gasteiger partial charge in [0.15, 0.2) is 5.82 Å². The van der Waals surface area contributed by atoms with E-state index in [4.69, 9.17) is 16.3 Å². The molecule has 0 bridgehead atoms. The van der Waals surface area contributed by atoms with Gasteiger partial charge in [-0.1, -0.05) is 30.7 Å². The molecule has 0 aliphatic carbocycles. The van der Waals surface area contributed by atoms with Gasteiger partial charge >= 0.3 is 6.01 Å². The minimum absolute atomic E-state index is 0.124. The summed E-state index contributed by atoms with van der Waals surface area (Å²) in [6.07, 6.45) is 1.14. The van der Waals surface area contributed by atoms with Gasteiger partial charge in [-0.3, -0.25) is 4.79 Å². The molecular formula is C14H16ClN3O2. The van der Waals surface area contributed by atoms with E-state index in [2.05, 4.69) is 10.1 Å². The molecule has 0 saturated heterocycles. The summed E-state index contributed by atoms with van der Waals surface area (Å²) in [5.41, 5.74) is 0.664. The molecule has 0 aliphatic rings. The van der Waals surface area contributed by atoms with E-state index in [9.17, 15) is 4.79 Å². The van der Waals surface area contributed by atoms with Crippen molar-refractivity contribution < 1.29 is 9.53 Å². The zero-order chi connectivity index (χ0) is 14.5. The van der Waals surface area contributed by atoms with Crippen molar-refractivity contribution in [3.8, 4) is 17.4 Å². The first-order valence-electron chi connectivity index (χ1n) is 6.55. The Kier molecular flexibility index (Phi) is 4.74. The van der Waals surface area contributed by atoms with Crippen molar-refractivity contribution in [2.24, 2.45) is 0 Å². The van der Waals surface area contributed by atoms with Crippen LogP contribution in [0.4, 0.5) is 0 Å². The van der Waals surface area contributed by atoms with Crippen LogP contribution in [-0.4, -0.2) is 27.3 Å². The lowest BCUT2D eigenvalue weighted by Gasteiger charge is -2.04. The molecule has 0 fully saturated rings. The quantitative estimate of drug-likeness (QED) is 0.847. The van der Waals surface area contributed by atoms with Gasteiger partial charge in [0.2, 0.25) is 5.91 Å². The molecule has 0 radical (unpaired) electrons. The van der Waals surface area contributed by atoms with Crippen LogP contribution in [0.3, 0.4) is 0 Å². The maximum atomic E-state index is 12.1. The van der Waals surface area contributed by atoms with Crippen LogP contribution in [-0.2, 0) is 0 Å². The number of rotatable bonds is 5. The maximum absolute atomic E-state index is 12.1. The molecule has 6 heteroatoms. The minimum atomic E-state index is -0.124. The van der Waals surface area contributed by atoms with Crippen molar-refractivity contribution in [1.82, 2.24) is 14.8 Å². The fourth-order valence-electron chi connectivity index (χ4n) is 1.79. The number of ether oxygens (including phenoxy) is 1. The van der Waals surface area contributed by atoms with Gasteiger partial charge in [-0.15, -0.1) is 5.10 Å². The predicted molar refractivity (Wildman–Crippen MR) is 77.2 cm³/mol. The number of hydrogen-bond acceptors (Lipinski definition) is 4. The highest BCUT2D eigenvalue weighted by molar-refractivity contribution is 6.33. The highest BCUT2D eigenvalue weighted by Crippen LogP contribution is 2.27. The van der Waals surface area contributed by atoms with Gasteiger partial charge in [0.1, 0.15) is 0 Å². The lowest BCUT2D eigenvalue weighted by Crippen LogP contribution is -2.13. The Morgan fingerprint density at radius 2 is 2.10 bits per heavy atom. The molecule has 0 N–H and O–H groups in total. The Labute approximate surface area is 122 Å². The molecule has 20 heavy (non-hydrogen) atoms. The molecule has 106 valence electrons. The molecule has 2 rings (SSSR count). The van der Waals surface area contributed by atoms with Crippen LogP contribution >= 0.6 is 11.6 Å². The summed E-state index contributed by atoms with van der Waals surface area (Å²) < 4.78 is 6.55. The molecular weight excluding hydrogens is 278 g/mol. The Bertz CT molecular complexity index is 610. The van der Waals surface area contributed by atoms with Crippen molar-refractivity contribution in [2.75, 3.05) is 6.61 Å². The fraction of sp³-hybridized carbons (Fsp3) is 0.357. The van der Waals surface area contributed by atoms with E-state index in [-0.39, 0.29) is 11.9 Å². The van der Waals surface area contributed by atoms with Crippen molar-refractivity contribution in [2.45, 2.75) is 26.7 Å². The Balaban J connectivity index is 2.50. The Morgan fingerprint density at radius 1 is 1.35 bits per heavy atom. The van der Waals surface area contributed by atoms with Crippen LogP contribution in [0.1, 0.15) is 31.5 Å². The first-order valence-corrected chi connectivity index (χ1v) is 6.93. The molecule has 0 unspecified atom stereocenters. The third-order valence-electron chi connectivity index (χ3n) is 2.68. The second-order valence-electron chi connectivity index (χ2n) is 4.19. The zero-order valence-corrected chi connectivity index (χ0v) is 12.2. The molecule has 1 heterocycles. The summed E-state index contributed by atoms with van der Waals surface area (Å²) in [6, 6.07) is 7.40. The lowest BCUT2D eigenvalue weighted by atomic mass is 10.2. The van der Waals surface area contributed by atoms with Crippen LogP contribution in [0.15, 0.2) is 24.3 Å². The van der Waals surface area contributed by atoms with Gasteiger partial charge in [-0.05, 0) is 25.5 Å². The Morgan fingerprint density at radius 3 is 2.75 bits per heavy atom. The van der Waals surface area contributed by atoms with Gasteiger partial charge in [-0.25, -0.2) is 0 Å². The summed E-state index contributed by atoms with van der Waals surface area (Å²) in [6.45, 7) is 4.21. The third-order valence-corrected chi connectivity index (χ3v) is 3.01. The number of hydrogen-bond donors (Lipinski definition) is 0. The van der Waals surface area contributed by atoms with Crippen LogP contribution in [0.5, 0.6) is 6.01 Å². The van der Waals surface area contributed by atoms with Gasteiger partial charge in [0, 0.05) is 12.0 Å². The van der Waals surface area contributed by atoms with E-state index in [1.807, 2.05) is 26.0 Å². The number of halogens is 1. The molecule has 0 aliphatic heterocycles. The highest BCUT2D eigenvalue weighted by Gasteiger charge is 2.19. The molecule has 5 nitrogen and oxygen atoms in total. The zero-order valence-electron chi connectivity index (χ0n) is 11.5. The number of carbonyl (C=O) groups is 1. The van der Waals surface area contributed by atoms with Crippen LogP contribution in [0.25, 0.3) is 11.4 Å². The number of carbonyl (C=O) groups excluding carboxylic acids is 1. The molecule has 0 atom stereocenters. The van der Waals surface area contributed by atoms with E-state index in [1.54, 1.807) is 12.1 Å². The number of aromatic nitrogens is 3.